The number of rotatable bonds is 10. The summed E-state index contributed by atoms with van der Waals surface area (Å²) in [6.07, 6.45) is 1.04. The van der Waals surface area contributed by atoms with Crippen LogP contribution in [-0.4, -0.2) is 44.1 Å². The van der Waals surface area contributed by atoms with Crippen LogP contribution in [0.2, 0.25) is 10.0 Å². The Morgan fingerprint density at radius 1 is 1.09 bits per heavy atom. The van der Waals surface area contributed by atoms with Crippen molar-refractivity contribution in [3.05, 3.63) is 62.8 Å². The number of ether oxygens (including phenoxy) is 1. The van der Waals surface area contributed by atoms with Crippen molar-refractivity contribution in [2.45, 2.75) is 33.6 Å². The number of sulfonamides is 1. The van der Waals surface area contributed by atoms with Crippen LogP contribution in [0.15, 0.2) is 30.3 Å². The number of H-pyrrole nitrogens is 1. The maximum absolute atomic E-state index is 12.9. The van der Waals surface area contributed by atoms with Crippen LogP contribution < -0.4 is 14.8 Å². The molecule has 0 saturated carbocycles. The normalized spacial score (nSPS) is 11.5. The number of fused-ring (bicyclic) bond motifs is 1. The predicted octanol–water partition coefficient (Wildman–Crippen LogP) is 4.30. The number of halogens is 2. The van der Waals surface area contributed by atoms with Gasteiger partial charge in [0, 0.05) is 34.4 Å². The zero-order valence-corrected chi connectivity index (χ0v) is 22.0. The van der Waals surface area contributed by atoms with E-state index >= 15 is 0 Å². The molecule has 0 unspecified atom stereocenters. The van der Waals surface area contributed by atoms with Gasteiger partial charge in [0.15, 0.2) is 0 Å². The second-order valence-corrected chi connectivity index (χ2v) is 10.9. The second kappa shape index (κ2) is 11.3. The van der Waals surface area contributed by atoms with Gasteiger partial charge in [-0.3, -0.25) is 9.59 Å². The van der Waals surface area contributed by atoms with Crippen LogP contribution in [-0.2, 0) is 21.2 Å². The molecular weight excluding hydrogens is 513 g/mol. The van der Waals surface area contributed by atoms with Crippen molar-refractivity contribution in [3.8, 4) is 5.75 Å². The van der Waals surface area contributed by atoms with Crippen molar-refractivity contribution in [1.82, 2.24) is 15.0 Å². The standard InChI is InChI=1S/C24H27Cl2N3O5S/c1-14-11-18(12-15(2)22(14)26)34-9-4-5-20-19-7-6-17(25)13-21(19)28-23(20)24(31)29-35(32,33)10-8-27-16(3)30/h6-7,11-13,28H,4-5,8-10H2,1-3H3,(H,27,30)(H,29,31). The molecule has 3 N–H and O–H groups in total. The summed E-state index contributed by atoms with van der Waals surface area (Å²) >= 11 is 12.3. The Kier molecular flexibility index (Phi) is 8.69. The van der Waals surface area contributed by atoms with Crippen molar-refractivity contribution in [2.75, 3.05) is 18.9 Å². The van der Waals surface area contributed by atoms with Gasteiger partial charge in [-0.1, -0.05) is 29.3 Å². The highest BCUT2D eigenvalue weighted by Crippen LogP contribution is 2.28. The Morgan fingerprint density at radius 2 is 1.77 bits per heavy atom. The molecule has 0 fully saturated rings. The molecule has 0 atom stereocenters. The van der Waals surface area contributed by atoms with Gasteiger partial charge in [-0.2, -0.15) is 0 Å². The number of hydrogen-bond donors (Lipinski definition) is 3. The lowest BCUT2D eigenvalue weighted by Crippen LogP contribution is -2.37. The summed E-state index contributed by atoms with van der Waals surface area (Å²) in [5.74, 6) is -0.848. The maximum Gasteiger partial charge on any atom is 0.281 e. The molecule has 0 bridgehead atoms. The molecule has 8 nitrogen and oxygen atoms in total. The highest BCUT2D eigenvalue weighted by Gasteiger charge is 2.22. The minimum Gasteiger partial charge on any atom is -0.494 e. The summed E-state index contributed by atoms with van der Waals surface area (Å²) in [5.41, 5.74) is 3.28. The zero-order chi connectivity index (χ0) is 25.8. The summed E-state index contributed by atoms with van der Waals surface area (Å²) < 4.78 is 32.6. The first-order valence-corrected chi connectivity index (χ1v) is 13.4. The van der Waals surface area contributed by atoms with E-state index in [1.54, 1.807) is 18.2 Å². The minimum atomic E-state index is -3.96. The molecule has 0 aliphatic rings. The van der Waals surface area contributed by atoms with E-state index in [0.717, 1.165) is 16.5 Å². The van der Waals surface area contributed by atoms with Gasteiger partial charge >= 0.3 is 0 Å². The summed E-state index contributed by atoms with van der Waals surface area (Å²) in [6.45, 7) is 5.39. The number of nitrogens with one attached hydrogen (secondary N) is 3. The van der Waals surface area contributed by atoms with Crippen LogP contribution in [0.4, 0.5) is 0 Å². The molecule has 0 radical (unpaired) electrons. The molecular formula is C24H27Cl2N3O5S. The number of aromatic amines is 1. The zero-order valence-electron chi connectivity index (χ0n) is 19.6. The number of amides is 2. The van der Waals surface area contributed by atoms with Crippen LogP contribution >= 0.6 is 23.2 Å². The third-order valence-corrected chi connectivity index (χ3v) is 7.41. The van der Waals surface area contributed by atoms with E-state index in [-0.39, 0.29) is 18.1 Å². The van der Waals surface area contributed by atoms with Crippen LogP contribution in [0.3, 0.4) is 0 Å². The number of benzene rings is 2. The number of carbonyl (C=O) groups is 2. The van der Waals surface area contributed by atoms with Crippen molar-refractivity contribution in [1.29, 1.82) is 0 Å². The molecule has 2 aromatic carbocycles. The Hall–Kier alpha value is -2.75. The minimum absolute atomic E-state index is 0.103. The molecule has 0 aliphatic heterocycles. The van der Waals surface area contributed by atoms with Gasteiger partial charge in [-0.15, -0.1) is 0 Å². The fourth-order valence-electron chi connectivity index (χ4n) is 3.71. The number of aromatic nitrogens is 1. The Morgan fingerprint density at radius 3 is 2.43 bits per heavy atom. The van der Waals surface area contributed by atoms with E-state index in [1.165, 1.54) is 6.92 Å². The summed E-state index contributed by atoms with van der Waals surface area (Å²) in [4.78, 5) is 26.9. The van der Waals surface area contributed by atoms with Gasteiger partial charge in [0.25, 0.3) is 5.91 Å². The van der Waals surface area contributed by atoms with Crippen LogP contribution in [0.1, 0.15) is 40.5 Å². The second-order valence-electron chi connectivity index (χ2n) is 8.22. The molecule has 188 valence electrons. The molecule has 3 rings (SSSR count). The van der Waals surface area contributed by atoms with Crippen LogP contribution in [0, 0.1) is 13.8 Å². The number of aryl methyl sites for hydroxylation is 3. The predicted molar refractivity (Wildman–Crippen MR) is 138 cm³/mol. The highest BCUT2D eigenvalue weighted by molar-refractivity contribution is 7.90. The van der Waals surface area contributed by atoms with E-state index in [9.17, 15) is 18.0 Å². The SMILES string of the molecule is CC(=O)NCCS(=O)(=O)NC(=O)c1[nH]c2cc(Cl)ccc2c1CCCOc1cc(C)c(Cl)c(C)c1. The quantitative estimate of drug-likeness (QED) is 0.332. The Balaban J connectivity index is 1.75. The fraction of sp³-hybridized carbons (Fsp3) is 0.333. The first kappa shape index (κ1) is 26.8. The average molecular weight is 540 g/mol. The summed E-state index contributed by atoms with van der Waals surface area (Å²) in [5, 5.41) is 4.36. The number of hydrogen-bond acceptors (Lipinski definition) is 5. The third kappa shape index (κ3) is 7.13. The molecule has 3 aromatic rings. The van der Waals surface area contributed by atoms with Gasteiger partial charge < -0.3 is 15.0 Å². The average Bonchev–Trinajstić information content (AvgIpc) is 3.11. The first-order chi connectivity index (χ1) is 16.5. The molecule has 0 aliphatic carbocycles. The molecule has 0 saturated heterocycles. The molecule has 2 amide bonds. The van der Waals surface area contributed by atoms with Gasteiger partial charge in [-0.05, 0) is 67.6 Å². The van der Waals surface area contributed by atoms with Crippen molar-refractivity contribution >= 4 is 55.9 Å². The topological polar surface area (TPSA) is 117 Å². The maximum atomic E-state index is 12.9. The lowest BCUT2D eigenvalue weighted by atomic mass is 10.1. The smallest absolute Gasteiger partial charge is 0.281 e. The lowest BCUT2D eigenvalue weighted by molar-refractivity contribution is -0.118. The van der Waals surface area contributed by atoms with Crippen molar-refractivity contribution in [3.63, 3.8) is 0 Å². The monoisotopic (exact) mass is 539 g/mol. The molecule has 1 aromatic heterocycles. The highest BCUT2D eigenvalue weighted by atomic mass is 35.5. The van der Waals surface area contributed by atoms with Gasteiger partial charge in [0.2, 0.25) is 15.9 Å². The van der Waals surface area contributed by atoms with E-state index < -0.39 is 21.7 Å². The molecule has 1 heterocycles. The summed E-state index contributed by atoms with van der Waals surface area (Å²) in [7, 11) is -3.96. The Bertz CT molecular complexity index is 1350. The molecule has 0 spiro atoms. The van der Waals surface area contributed by atoms with E-state index in [4.69, 9.17) is 27.9 Å². The van der Waals surface area contributed by atoms with Crippen LogP contribution in [0.25, 0.3) is 10.9 Å². The van der Waals surface area contributed by atoms with E-state index in [0.29, 0.717) is 46.3 Å². The van der Waals surface area contributed by atoms with E-state index in [1.807, 2.05) is 26.0 Å². The fourth-order valence-corrected chi connectivity index (χ4v) is 4.85. The largest absolute Gasteiger partial charge is 0.494 e. The Labute approximate surface area is 214 Å². The molecule has 11 heteroatoms. The number of carbonyl (C=O) groups excluding carboxylic acids is 2. The van der Waals surface area contributed by atoms with Crippen LogP contribution in [0.5, 0.6) is 5.75 Å². The van der Waals surface area contributed by atoms with Gasteiger partial charge in [-0.25, -0.2) is 13.1 Å². The van der Waals surface area contributed by atoms with Crippen molar-refractivity contribution < 1.29 is 22.7 Å². The van der Waals surface area contributed by atoms with Gasteiger partial charge in [0.05, 0.1) is 12.4 Å². The van der Waals surface area contributed by atoms with Gasteiger partial charge in [0.1, 0.15) is 11.4 Å². The van der Waals surface area contributed by atoms with Crippen molar-refractivity contribution in [2.24, 2.45) is 0 Å². The first-order valence-electron chi connectivity index (χ1n) is 11.0. The lowest BCUT2D eigenvalue weighted by Gasteiger charge is -2.11. The third-order valence-electron chi connectivity index (χ3n) is 5.34. The molecule has 35 heavy (non-hydrogen) atoms. The summed E-state index contributed by atoms with van der Waals surface area (Å²) in [6, 6.07) is 8.92. The van der Waals surface area contributed by atoms with E-state index in [2.05, 4.69) is 15.0 Å².